The quantitative estimate of drug-likeness (QED) is 0.411. The number of nitrogens with zero attached hydrogens (tertiary/aromatic N) is 3. The first kappa shape index (κ1) is 27.7. The van der Waals surface area contributed by atoms with Crippen molar-refractivity contribution in [3.8, 4) is 5.69 Å². The lowest BCUT2D eigenvalue weighted by Gasteiger charge is -2.22. The minimum atomic E-state index is -4.85. The molecule has 3 aromatic rings. The highest BCUT2D eigenvalue weighted by molar-refractivity contribution is 6.33. The highest BCUT2D eigenvalue weighted by atomic mass is 35.5. The minimum Gasteiger partial charge on any atom is -0.389 e. The van der Waals surface area contributed by atoms with Crippen LogP contribution in [0.5, 0.6) is 0 Å². The molecule has 2 aromatic heterocycles. The fourth-order valence-electron chi connectivity index (χ4n) is 4.13. The predicted octanol–water partition coefficient (Wildman–Crippen LogP) is 3.07. The Morgan fingerprint density at radius 3 is 2.26 bits per heavy atom. The van der Waals surface area contributed by atoms with E-state index in [0.29, 0.717) is 22.9 Å². The maximum atomic E-state index is 14.8. The van der Waals surface area contributed by atoms with Crippen molar-refractivity contribution < 1.29 is 41.4 Å². The largest absolute Gasteiger partial charge is 0.408 e. The summed E-state index contributed by atoms with van der Waals surface area (Å²) < 4.78 is 83.5. The fraction of sp³-hybridized carbons (Fsp3) is 0.348. The van der Waals surface area contributed by atoms with E-state index in [0.717, 1.165) is 13.0 Å². The Hall–Kier alpha value is -3.36. The molecule has 15 heteroatoms. The van der Waals surface area contributed by atoms with E-state index in [9.17, 15) is 46.1 Å². The van der Waals surface area contributed by atoms with Gasteiger partial charge in [0.2, 0.25) is 5.43 Å². The number of nitrogens with one attached hydrogen (secondary N) is 1. The summed E-state index contributed by atoms with van der Waals surface area (Å²) in [6, 6.07) is -0.687. The fourth-order valence-corrected chi connectivity index (χ4v) is 4.40. The van der Waals surface area contributed by atoms with Gasteiger partial charge in [0, 0.05) is 31.4 Å². The zero-order valence-corrected chi connectivity index (χ0v) is 20.1. The summed E-state index contributed by atoms with van der Waals surface area (Å²) in [7, 11) is 0. The molecule has 8 nitrogen and oxygen atoms in total. The van der Waals surface area contributed by atoms with Crippen molar-refractivity contribution in [1.29, 1.82) is 0 Å². The van der Waals surface area contributed by atoms with Crippen LogP contribution in [0.2, 0.25) is 5.02 Å². The lowest BCUT2D eigenvalue weighted by molar-refractivity contribution is -0.153. The second-order valence-corrected chi connectivity index (χ2v) is 9.05. The predicted molar refractivity (Wildman–Crippen MR) is 124 cm³/mol. The molecule has 38 heavy (non-hydrogen) atoms. The number of pyridine rings is 2. The van der Waals surface area contributed by atoms with Crippen LogP contribution in [0.15, 0.2) is 29.2 Å². The van der Waals surface area contributed by atoms with Gasteiger partial charge >= 0.3 is 6.18 Å². The molecule has 204 valence electrons. The number of carbonyl (C=O) groups is 1. The van der Waals surface area contributed by atoms with Crippen LogP contribution in [-0.4, -0.2) is 63.2 Å². The molecule has 1 aromatic carbocycles. The molecule has 1 aliphatic rings. The SMILES string of the molecule is CC[C@H](NC(=O)c1cn(-c2c(F)cc(F)cc2F)c2nc(N3C[C@@H](O)[C@H](O)C3)c(Cl)cc2c1=O)C(F)(F)F. The third-order valence-corrected chi connectivity index (χ3v) is 6.33. The molecule has 1 amide bonds. The van der Waals surface area contributed by atoms with Gasteiger partial charge in [-0.2, -0.15) is 13.2 Å². The van der Waals surface area contributed by atoms with Crippen LogP contribution in [0.1, 0.15) is 23.7 Å². The highest BCUT2D eigenvalue weighted by Crippen LogP contribution is 2.32. The lowest BCUT2D eigenvalue weighted by Crippen LogP contribution is -2.46. The van der Waals surface area contributed by atoms with Gasteiger partial charge in [-0.3, -0.25) is 14.2 Å². The van der Waals surface area contributed by atoms with Crippen molar-refractivity contribution in [3.63, 3.8) is 0 Å². The summed E-state index contributed by atoms with van der Waals surface area (Å²) in [5.41, 5.74) is -3.51. The number of aromatic nitrogens is 2. The monoisotopic (exact) mass is 564 g/mol. The van der Waals surface area contributed by atoms with E-state index >= 15 is 0 Å². The standard InChI is InChI=1S/C23H19ClF6N4O4/c1-2-17(23(28,29)30)31-22(38)11-6-34(18-13(26)3-9(25)4-14(18)27)20-10(19(11)37)5-12(24)21(32-20)33-7-15(35)16(36)8-33/h3-6,15-17,35-36H,2,7-8H2,1H3,(H,31,38)/t15-,16-,17+/m1/s1. The second-order valence-electron chi connectivity index (χ2n) is 8.64. The van der Waals surface area contributed by atoms with Gasteiger partial charge in [-0.05, 0) is 12.5 Å². The number of amides is 1. The number of alkyl halides is 3. The molecular weight excluding hydrogens is 546 g/mol. The van der Waals surface area contributed by atoms with Crippen LogP contribution < -0.4 is 15.6 Å². The Bertz CT molecular complexity index is 1450. The lowest BCUT2D eigenvalue weighted by atomic mass is 10.1. The van der Waals surface area contributed by atoms with E-state index in [-0.39, 0.29) is 23.9 Å². The van der Waals surface area contributed by atoms with Gasteiger partial charge in [0.15, 0.2) is 17.3 Å². The first-order valence-electron chi connectivity index (χ1n) is 11.1. The number of fused-ring (bicyclic) bond motifs is 1. The van der Waals surface area contributed by atoms with Gasteiger partial charge in [0.25, 0.3) is 5.91 Å². The zero-order valence-electron chi connectivity index (χ0n) is 19.4. The molecular formula is C23H19ClF6N4O4. The molecule has 1 aliphatic heterocycles. The van der Waals surface area contributed by atoms with Crippen molar-refractivity contribution in [2.45, 2.75) is 37.8 Å². The van der Waals surface area contributed by atoms with Gasteiger partial charge in [0.1, 0.15) is 28.9 Å². The van der Waals surface area contributed by atoms with Gasteiger partial charge in [-0.15, -0.1) is 0 Å². The number of anilines is 1. The van der Waals surface area contributed by atoms with Crippen LogP contribution in [0.4, 0.5) is 32.2 Å². The van der Waals surface area contributed by atoms with Crippen molar-refractivity contribution in [1.82, 2.24) is 14.9 Å². The van der Waals surface area contributed by atoms with Crippen molar-refractivity contribution in [3.05, 3.63) is 62.7 Å². The van der Waals surface area contributed by atoms with Crippen molar-refractivity contribution >= 4 is 34.4 Å². The molecule has 3 heterocycles. The highest BCUT2D eigenvalue weighted by Gasteiger charge is 2.40. The molecule has 3 atom stereocenters. The zero-order chi connectivity index (χ0) is 28.1. The first-order chi connectivity index (χ1) is 17.7. The molecule has 0 spiro atoms. The second kappa shape index (κ2) is 10.1. The molecule has 0 saturated carbocycles. The molecule has 0 radical (unpaired) electrons. The summed E-state index contributed by atoms with van der Waals surface area (Å²) in [6.07, 6.45) is -7.17. The number of aliphatic hydroxyl groups is 2. The van der Waals surface area contributed by atoms with Gasteiger partial charge in [-0.1, -0.05) is 18.5 Å². The third kappa shape index (κ3) is 5.02. The molecule has 1 saturated heterocycles. The molecule has 3 N–H and O–H groups in total. The number of benzene rings is 1. The van der Waals surface area contributed by atoms with E-state index in [1.54, 1.807) is 5.32 Å². The van der Waals surface area contributed by atoms with E-state index in [1.165, 1.54) is 4.90 Å². The molecule has 4 rings (SSSR count). The Morgan fingerprint density at radius 2 is 1.74 bits per heavy atom. The van der Waals surface area contributed by atoms with Crippen LogP contribution in [-0.2, 0) is 0 Å². The van der Waals surface area contributed by atoms with Gasteiger partial charge < -0.3 is 20.4 Å². The normalized spacial score (nSPS) is 18.7. The van der Waals surface area contributed by atoms with Gasteiger partial charge in [-0.25, -0.2) is 18.2 Å². The summed E-state index contributed by atoms with van der Waals surface area (Å²) >= 11 is 6.27. The number of rotatable bonds is 5. The van der Waals surface area contributed by atoms with E-state index < -0.39 is 81.9 Å². The van der Waals surface area contributed by atoms with E-state index in [1.807, 2.05) is 0 Å². The Labute approximate surface area is 215 Å². The maximum Gasteiger partial charge on any atom is 0.408 e. The van der Waals surface area contributed by atoms with Crippen LogP contribution >= 0.6 is 11.6 Å². The molecule has 1 fully saturated rings. The summed E-state index contributed by atoms with van der Waals surface area (Å²) in [5, 5.41) is 20.7. The van der Waals surface area contributed by atoms with Crippen LogP contribution in [0.3, 0.4) is 0 Å². The summed E-state index contributed by atoms with van der Waals surface area (Å²) in [6.45, 7) is 0.871. The molecule has 0 unspecified atom stereocenters. The van der Waals surface area contributed by atoms with Crippen molar-refractivity contribution in [2.24, 2.45) is 0 Å². The Kier molecular flexibility index (Phi) is 7.34. The third-order valence-electron chi connectivity index (χ3n) is 6.05. The summed E-state index contributed by atoms with van der Waals surface area (Å²) in [4.78, 5) is 31.5. The average molecular weight is 565 g/mol. The number of hydrogen-bond acceptors (Lipinski definition) is 6. The number of carbonyl (C=O) groups excluding carboxylic acids is 1. The van der Waals surface area contributed by atoms with Crippen LogP contribution in [0, 0.1) is 17.5 Å². The number of β-amino-alcohol motifs (C(OH)–C–C–N with tert-alkyl or cyclic N) is 2. The van der Waals surface area contributed by atoms with Gasteiger partial charge in [0.05, 0.1) is 22.6 Å². The average Bonchev–Trinajstić information content (AvgIpc) is 3.14. The molecule has 0 bridgehead atoms. The van der Waals surface area contributed by atoms with E-state index in [2.05, 4.69) is 4.98 Å². The van der Waals surface area contributed by atoms with E-state index in [4.69, 9.17) is 11.6 Å². The number of aliphatic hydroxyl groups excluding tert-OH is 2. The smallest absolute Gasteiger partial charge is 0.389 e. The Balaban J connectivity index is 1.99. The first-order valence-corrected chi connectivity index (χ1v) is 11.5. The number of hydrogen-bond donors (Lipinski definition) is 3. The topological polar surface area (TPSA) is 108 Å². The summed E-state index contributed by atoms with van der Waals surface area (Å²) in [5.74, 6) is -5.80. The van der Waals surface area contributed by atoms with Crippen molar-refractivity contribution in [2.75, 3.05) is 18.0 Å². The number of halogens is 7. The minimum absolute atomic E-state index is 0.105. The maximum absolute atomic E-state index is 14.8. The Morgan fingerprint density at radius 1 is 1.16 bits per heavy atom. The van der Waals surface area contributed by atoms with Crippen LogP contribution in [0.25, 0.3) is 16.7 Å². The molecule has 0 aliphatic carbocycles.